The van der Waals surface area contributed by atoms with Gasteiger partial charge in [0.15, 0.2) is 0 Å². The van der Waals surface area contributed by atoms with Crippen LogP contribution in [0, 0.1) is 0 Å². The number of aliphatic carboxylic acids is 1. The molecule has 0 rings (SSSR count). The van der Waals surface area contributed by atoms with Crippen LogP contribution in [0.25, 0.3) is 0 Å². The van der Waals surface area contributed by atoms with Gasteiger partial charge in [0.05, 0.1) is 26.4 Å². The summed E-state index contributed by atoms with van der Waals surface area (Å²) in [5, 5.41) is 52.9. The minimum absolute atomic E-state index is 0.722. The quantitative estimate of drug-likeness (QED) is 0.133. The lowest BCUT2D eigenvalue weighted by molar-refractivity contribution is -0.139. The van der Waals surface area contributed by atoms with Crippen molar-refractivity contribution in [3.05, 3.63) is 0 Å². The van der Waals surface area contributed by atoms with Crippen LogP contribution in [0.15, 0.2) is 0 Å². The molecule has 0 heterocycles. The summed E-state index contributed by atoms with van der Waals surface area (Å²) in [5.74, 6) is -5.54. The highest BCUT2D eigenvalue weighted by Crippen LogP contribution is 1.93. The molecule has 0 aromatic rings. The predicted octanol–water partition coefficient (Wildman–Crippen LogP) is -7.06. The molecule has 0 radical (unpaired) electrons. The van der Waals surface area contributed by atoms with E-state index in [9.17, 15) is 34.2 Å². The third kappa shape index (κ3) is 9.26. The van der Waals surface area contributed by atoms with Crippen LogP contribution in [0.2, 0.25) is 0 Å². The molecule has 0 bridgehead atoms. The number of carboxylic acid groups (broad SMARTS) is 1. The van der Waals surface area contributed by atoms with Gasteiger partial charge in [0.1, 0.15) is 30.7 Å². The van der Waals surface area contributed by atoms with Gasteiger partial charge in [-0.3, -0.25) is 24.0 Å². The number of carbonyl (C=O) groups is 5. The Bertz CT molecular complexity index is 601. The number of carboxylic acids is 1. The maximum atomic E-state index is 12.1. The van der Waals surface area contributed by atoms with Gasteiger partial charge in [-0.1, -0.05) is 0 Å². The van der Waals surface area contributed by atoms with Crippen molar-refractivity contribution in [2.45, 2.75) is 24.2 Å². The number of carbonyl (C=O) groups excluding carboxylic acids is 4. The summed E-state index contributed by atoms with van der Waals surface area (Å²) in [5.41, 5.74) is 5.26. The van der Waals surface area contributed by atoms with E-state index in [1.807, 2.05) is 21.3 Å². The zero-order valence-electron chi connectivity index (χ0n) is 15.2. The fourth-order valence-electron chi connectivity index (χ4n) is 1.77. The molecule has 0 saturated heterocycles. The molecule has 11 N–H and O–H groups in total. The van der Waals surface area contributed by atoms with Gasteiger partial charge < -0.3 is 52.5 Å². The lowest BCUT2D eigenvalue weighted by Crippen LogP contribution is -2.60. The van der Waals surface area contributed by atoms with Crippen molar-refractivity contribution in [2.75, 3.05) is 33.0 Å². The molecule has 29 heavy (non-hydrogen) atoms. The minimum Gasteiger partial charge on any atom is -0.480 e. The zero-order valence-corrected chi connectivity index (χ0v) is 15.2. The topological polar surface area (TPSA) is 261 Å². The number of amides is 4. The highest BCUT2D eigenvalue weighted by molar-refractivity contribution is 5.95. The summed E-state index contributed by atoms with van der Waals surface area (Å²) in [4.78, 5) is 57.9. The lowest BCUT2D eigenvalue weighted by Gasteiger charge is -2.23. The average Bonchev–Trinajstić information content (AvgIpc) is 2.70. The Morgan fingerprint density at radius 3 is 1.38 bits per heavy atom. The Morgan fingerprint density at radius 1 is 0.655 bits per heavy atom. The van der Waals surface area contributed by atoms with Crippen LogP contribution in [0.3, 0.4) is 0 Å². The number of aliphatic hydroxyl groups is 4. The van der Waals surface area contributed by atoms with Crippen LogP contribution in [-0.2, 0) is 24.0 Å². The van der Waals surface area contributed by atoms with Crippen LogP contribution < -0.4 is 27.0 Å². The molecule has 15 heteroatoms. The molecule has 4 atom stereocenters. The SMILES string of the molecule is N[C@@H](CO)C(=O)N[C@@H](CO)C(=O)N[C@@H](CO)C(=O)N[C@@H](CO)C(=O)NCC(=O)O. The maximum absolute atomic E-state index is 12.1. The van der Waals surface area contributed by atoms with Crippen molar-refractivity contribution in [3.63, 3.8) is 0 Å². The van der Waals surface area contributed by atoms with E-state index in [-0.39, 0.29) is 0 Å². The number of hydrogen-bond acceptors (Lipinski definition) is 10. The standard InChI is InChI=1S/C14H25N5O10/c15-6(2-20)11(26)17-8(4-22)13(28)19-9(5-23)14(29)18-7(3-21)12(27)16-1-10(24)25/h6-9,20-23H,1-5,15H2,(H,16,27)(H,17,26)(H,18,29)(H,19,28)(H,24,25)/t6-,7-,8-,9-/m0/s1. The van der Waals surface area contributed by atoms with Crippen LogP contribution in [-0.4, -0.2) is 112 Å². The van der Waals surface area contributed by atoms with Gasteiger partial charge in [-0.15, -0.1) is 0 Å². The fourth-order valence-corrected chi connectivity index (χ4v) is 1.77. The largest absolute Gasteiger partial charge is 0.480 e. The number of aliphatic hydroxyl groups excluding tert-OH is 4. The highest BCUT2D eigenvalue weighted by Gasteiger charge is 2.29. The summed E-state index contributed by atoms with van der Waals surface area (Å²) in [6.07, 6.45) is 0. The first-order chi connectivity index (χ1) is 13.6. The third-order valence-corrected chi connectivity index (χ3v) is 3.39. The molecule has 15 nitrogen and oxygen atoms in total. The molecule has 0 aliphatic heterocycles. The summed E-state index contributed by atoms with van der Waals surface area (Å²) in [7, 11) is 0. The molecule has 166 valence electrons. The second-order valence-corrected chi connectivity index (χ2v) is 5.63. The number of nitrogens with two attached hydrogens (primary N) is 1. The smallest absolute Gasteiger partial charge is 0.322 e. The van der Waals surface area contributed by atoms with Gasteiger partial charge in [-0.2, -0.15) is 0 Å². The van der Waals surface area contributed by atoms with Crippen LogP contribution >= 0.6 is 0 Å². The summed E-state index contributed by atoms with van der Waals surface area (Å²) in [6.45, 7) is -4.24. The first-order valence-electron chi connectivity index (χ1n) is 8.20. The van der Waals surface area contributed by atoms with Crippen LogP contribution in [0.1, 0.15) is 0 Å². The van der Waals surface area contributed by atoms with E-state index in [1.54, 1.807) is 0 Å². The number of nitrogens with one attached hydrogen (secondary N) is 4. The third-order valence-electron chi connectivity index (χ3n) is 3.39. The van der Waals surface area contributed by atoms with Gasteiger partial charge in [0.25, 0.3) is 0 Å². The van der Waals surface area contributed by atoms with Crippen molar-refractivity contribution in [1.29, 1.82) is 0 Å². The molecule has 0 aromatic heterocycles. The van der Waals surface area contributed by atoms with Crippen LogP contribution in [0.4, 0.5) is 0 Å². The first kappa shape index (κ1) is 26.1. The zero-order chi connectivity index (χ0) is 22.6. The van der Waals surface area contributed by atoms with Crippen LogP contribution in [0.5, 0.6) is 0 Å². The van der Waals surface area contributed by atoms with E-state index in [2.05, 4.69) is 0 Å². The van der Waals surface area contributed by atoms with Gasteiger partial charge in [0.2, 0.25) is 23.6 Å². The molecule has 4 amide bonds. The Kier molecular flexibility index (Phi) is 12.0. The van der Waals surface area contributed by atoms with E-state index >= 15 is 0 Å². The number of rotatable bonds is 13. The van der Waals surface area contributed by atoms with Gasteiger partial charge in [-0.25, -0.2) is 0 Å². The van der Waals surface area contributed by atoms with Gasteiger partial charge >= 0.3 is 5.97 Å². The first-order valence-corrected chi connectivity index (χ1v) is 8.20. The average molecular weight is 423 g/mol. The van der Waals surface area contributed by atoms with Crippen molar-refractivity contribution >= 4 is 29.6 Å². The van der Waals surface area contributed by atoms with Crippen molar-refractivity contribution in [1.82, 2.24) is 21.3 Å². The number of hydrogen-bond donors (Lipinski definition) is 10. The van der Waals surface area contributed by atoms with Gasteiger partial charge in [-0.05, 0) is 0 Å². The molecule has 0 fully saturated rings. The predicted molar refractivity (Wildman–Crippen MR) is 92.8 cm³/mol. The molecular formula is C14H25N5O10. The summed E-state index contributed by atoms with van der Waals surface area (Å²) in [6, 6.07) is -6.12. The summed E-state index contributed by atoms with van der Waals surface area (Å²) < 4.78 is 0. The van der Waals surface area contributed by atoms with E-state index in [0.717, 1.165) is 0 Å². The second kappa shape index (κ2) is 13.3. The van der Waals surface area contributed by atoms with Gasteiger partial charge in [0, 0.05) is 0 Å². The molecule has 0 aromatic carbocycles. The lowest BCUT2D eigenvalue weighted by atomic mass is 10.2. The van der Waals surface area contributed by atoms with E-state index in [0.29, 0.717) is 0 Å². The fraction of sp³-hybridized carbons (Fsp3) is 0.643. The Morgan fingerprint density at radius 2 is 1.03 bits per heavy atom. The van der Waals surface area contributed by atoms with E-state index in [4.69, 9.17) is 21.1 Å². The molecular weight excluding hydrogens is 398 g/mol. The summed E-state index contributed by atoms with van der Waals surface area (Å²) >= 11 is 0. The monoisotopic (exact) mass is 423 g/mol. The van der Waals surface area contributed by atoms with E-state index < -0.39 is 86.7 Å². The van der Waals surface area contributed by atoms with Crippen molar-refractivity contribution < 1.29 is 49.5 Å². The highest BCUT2D eigenvalue weighted by atomic mass is 16.4. The molecule has 0 saturated carbocycles. The normalized spacial score (nSPS) is 14.7. The molecule has 0 aliphatic rings. The van der Waals surface area contributed by atoms with E-state index in [1.165, 1.54) is 0 Å². The molecule has 0 spiro atoms. The Balaban J connectivity index is 4.94. The second-order valence-electron chi connectivity index (χ2n) is 5.63. The van der Waals surface area contributed by atoms with Crippen molar-refractivity contribution in [3.8, 4) is 0 Å². The molecule has 0 aliphatic carbocycles. The maximum Gasteiger partial charge on any atom is 0.322 e. The minimum atomic E-state index is -1.64. The van der Waals surface area contributed by atoms with Crippen molar-refractivity contribution in [2.24, 2.45) is 5.73 Å². The Hall–Kier alpha value is -2.85. The molecule has 0 unspecified atom stereocenters. The Labute approximate surface area is 164 Å².